The van der Waals surface area contributed by atoms with Gasteiger partial charge in [-0.15, -0.1) is 0 Å². The molecule has 0 saturated carbocycles. The maximum atomic E-state index is 11.8. The summed E-state index contributed by atoms with van der Waals surface area (Å²) in [6.07, 6.45) is 1.15. The lowest BCUT2D eigenvalue weighted by Gasteiger charge is -2.26. The molecule has 1 aliphatic rings. The summed E-state index contributed by atoms with van der Waals surface area (Å²) in [7, 11) is 1.80. The van der Waals surface area contributed by atoms with E-state index in [2.05, 4.69) is 26.1 Å². The second-order valence-electron chi connectivity index (χ2n) is 5.83. The standard InChI is InChI=1S/C12H24N2O2/c1-12(2,3)7-9(15)8-14-6-5-10(13-4)11(14)16/h9-10,13,15H,5-8H2,1-4H3. The molecule has 0 radical (unpaired) electrons. The van der Waals surface area contributed by atoms with Gasteiger partial charge in [0, 0.05) is 13.1 Å². The summed E-state index contributed by atoms with van der Waals surface area (Å²) in [6, 6.07) is -0.0539. The van der Waals surface area contributed by atoms with E-state index in [9.17, 15) is 9.90 Å². The van der Waals surface area contributed by atoms with Crippen LogP contribution in [0.3, 0.4) is 0 Å². The van der Waals surface area contributed by atoms with Crippen LogP contribution in [0.2, 0.25) is 0 Å². The number of amides is 1. The molecule has 1 amide bonds. The van der Waals surface area contributed by atoms with Crippen molar-refractivity contribution in [3.8, 4) is 0 Å². The predicted molar refractivity (Wildman–Crippen MR) is 64.1 cm³/mol. The number of β-amino-alcohol motifs (C(OH)–C–C–N with tert-alkyl or cyclic N) is 1. The normalized spacial score (nSPS) is 23.9. The Kier molecular flexibility index (Phi) is 4.33. The maximum Gasteiger partial charge on any atom is 0.239 e. The monoisotopic (exact) mass is 228 g/mol. The molecule has 2 unspecified atom stereocenters. The average Bonchev–Trinajstić information content (AvgIpc) is 2.44. The largest absolute Gasteiger partial charge is 0.391 e. The van der Waals surface area contributed by atoms with Crippen LogP contribution in [0.15, 0.2) is 0 Å². The van der Waals surface area contributed by atoms with Crippen molar-refractivity contribution in [2.45, 2.75) is 45.8 Å². The van der Waals surface area contributed by atoms with Crippen LogP contribution in [0.4, 0.5) is 0 Å². The topological polar surface area (TPSA) is 52.6 Å². The Hall–Kier alpha value is -0.610. The van der Waals surface area contributed by atoms with Gasteiger partial charge in [-0.3, -0.25) is 4.79 Å². The molecule has 94 valence electrons. The molecule has 1 saturated heterocycles. The zero-order valence-electron chi connectivity index (χ0n) is 10.8. The van der Waals surface area contributed by atoms with Gasteiger partial charge in [0.1, 0.15) is 0 Å². The third-order valence-electron chi connectivity index (χ3n) is 2.93. The highest BCUT2D eigenvalue weighted by atomic mass is 16.3. The molecular weight excluding hydrogens is 204 g/mol. The number of likely N-dealkylation sites (tertiary alicyclic amines) is 1. The number of aliphatic hydroxyl groups excluding tert-OH is 1. The molecule has 0 bridgehead atoms. The van der Waals surface area contributed by atoms with Gasteiger partial charge in [0.15, 0.2) is 0 Å². The molecule has 0 aliphatic carbocycles. The molecule has 2 atom stereocenters. The number of rotatable bonds is 4. The number of likely N-dealkylation sites (N-methyl/N-ethyl adjacent to an activating group) is 1. The molecule has 0 aromatic carbocycles. The van der Waals surface area contributed by atoms with Crippen molar-refractivity contribution in [2.75, 3.05) is 20.1 Å². The lowest BCUT2D eigenvalue weighted by atomic mass is 9.89. The Morgan fingerprint density at radius 3 is 2.62 bits per heavy atom. The van der Waals surface area contributed by atoms with Crippen molar-refractivity contribution < 1.29 is 9.90 Å². The van der Waals surface area contributed by atoms with Gasteiger partial charge in [0.2, 0.25) is 5.91 Å². The van der Waals surface area contributed by atoms with E-state index < -0.39 is 6.10 Å². The highest BCUT2D eigenvalue weighted by molar-refractivity contribution is 5.83. The lowest BCUT2D eigenvalue weighted by molar-refractivity contribution is -0.130. The number of carbonyl (C=O) groups is 1. The van der Waals surface area contributed by atoms with E-state index in [1.165, 1.54) is 0 Å². The first-order valence-electron chi connectivity index (χ1n) is 5.97. The molecule has 0 aromatic heterocycles. The number of nitrogens with one attached hydrogen (secondary N) is 1. The van der Waals surface area contributed by atoms with Crippen molar-refractivity contribution >= 4 is 5.91 Å². The minimum atomic E-state index is -0.417. The SMILES string of the molecule is CNC1CCN(CC(O)CC(C)(C)C)C1=O. The molecule has 4 heteroatoms. The fourth-order valence-corrected chi connectivity index (χ4v) is 2.21. The lowest BCUT2D eigenvalue weighted by Crippen LogP contribution is -2.40. The molecular formula is C12H24N2O2. The van der Waals surface area contributed by atoms with Crippen LogP contribution in [0, 0.1) is 5.41 Å². The van der Waals surface area contributed by atoms with E-state index >= 15 is 0 Å². The average molecular weight is 228 g/mol. The second kappa shape index (κ2) is 5.15. The van der Waals surface area contributed by atoms with Crippen molar-refractivity contribution in [3.63, 3.8) is 0 Å². The first-order valence-corrected chi connectivity index (χ1v) is 5.97. The Morgan fingerprint density at radius 2 is 2.19 bits per heavy atom. The molecule has 1 fully saturated rings. The fraction of sp³-hybridized carbons (Fsp3) is 0.917. The van der Waals surface area contributed by atoms with Gasteiger partial charge < -0.3 is 15.3 Å². The maximum absolute atomic E-state index is 11.8. The third-order valence-corrected chi connectivity index (χ3v) is 2.93. The number of nitrogens with zero attached hydrogens (tertiary/aromatic N) is 1. The summed E-state index contributed by atoms with van der Waals surface area (Å²) in [6.45, 7) is 7.51. The van der Waals surface area contributed by atoms with Crippen LogP contribution in [-0.2, 0) is 4.79 Å². The zero-order valence-corrected chi connectivity index (χ0v) is 10.8. The summed E-state index contributed by atoms with van der Waals surface area (Å²) in [5.74, 6) is 0.121. The van der Waals surface area contributed by atoms with Gasteiger partial charge in [0.05, 0.1) is 12.1 Å². The Morgan fingerprint density at radius 1 is 1.56 bits per heavy atom. The van der Waals surface area contributed by atoms with E-state index in [4.69, 9.17) is 0 Å². The highest BCUT2D eigenvalue weighted by Crippen LogP contribution is 2.22. The van der Waals surface area contributed by atoms with E-state index in [-0.39, 0.29) is 17.4 Å². The minimum absolute atomic E-state index is 0.0539. The van der Waals surface area contributed by atoms with Gasteiger partial charge in [-0.1, -0.05) is 20.8 Å². The highest BCUT2D eigenvalue weighted by Gasteiger charge is 2.31. The van der Waals surface area contributed by atoms with Crippen molar-refractivity contribution in [1.29, 1.82) is 0 Å². The fourth-order valence-electron chi connectivity index (χ4n) is 2.21. The van der Waals surface area contributed by atoms with Gasteiger partial charge in [-0.2, -0.15) is 0 Å². The van der Waals surface area contributed by atoms with Gasteiger partial charge >= 0.3 is 0 Å². The number of hydrogen-bond donors (Lipinski definition) is 2. The smallest absolute Gasteiger partial charge is 0.239 e. The van der Waals surface area contributed by atoms with Crippen LogP contribution in [0.1, 0.15) is 33.6 Å². The Bertz CT molecular complexity index is 248. The molecule has 0 spiro atoms. The number of hydrogen-bond acceptors (Lipinski definition) is 3. The third kappa shape index (κ3) is 3.76. The Labute approximate surface area is 98.0 Å². The van der Waals surface area contributed by atoms with Crippen LogP contribution >= 0.6 is 0 Å². The molecule has 1 aliphatic heterocycles. The van der Waals surface area contributed by atoms with Crippen LogP contribution in [0.25, 0.3) is 0 Å². The number of aliphatic hydroxyl groups is 1. The molecule has 2 N–H and O–H groups in total. The van der Waals surface area contributed by atoms with E-state index in [1.54, 1.807) is 11.9 Å². The van der Waals surface area contributed by atoms with Crippen LogP contribution < -0.4 is 5.32 Å². The van der Waals surface area contributed by atoms with Crippen molar-refractivity contribution in [2.24, 2.45) is 5.41 Å². The summed E-state index contributed by atoms with van der Waals surface area (Å²) < 4.78 is 0. The molecule has 16 heavy (non-hydrogen) atoms. The first kappa shape index (κ1) is 13.5. The van der Waals surface area contributed by atoms with Crippen molar-refractivity contribution in [1.82, 2.24) is 10.2 Å². The minimum Gasteiger partial charge on any atom is -0.391 e. The summed E-state index contributed by atoms with van der Waals surface area (Å²) in [5, 5.41) is 12.9. The quantitative estimate of drug-likeness (QED) is 0.741. The van der Waals surface area contributed by atoms with Gasteiger partial charge in [-0.05, 0) is 25.3 Å². The Balaban J connectivity index is 2.41. The first-order chi connectivity index (χ1) is 7.33. The summed E-state index contributed by atoms with van der Waals surface area (Å²) in [4.78, 5) is 13.6. The van der Waals surface area contributed by atoms with E-state index in [0.717, 1.165) is 19.4 Å². The molecule has 1 rings (SSSR count). The molecule has 1 heterocycles. The predicted octanol–water partition coefficient (Wildman–Crippen LogP) is 0.604. The zero-order chi connectivity index (χ0) is 12.3. The van der Waals surface area contributed by atoms with Gasteiger partial charge in [0.25, 0.3) is 0 Å². The second-order valence-corrected chi connectivity index (χ2v) is 5.83. The molecule has 0 aromatic rings. The van der Waals surface area contributed by atoms with E-state index in [1.807, 2.05) is 0 Å². The van der Waals surface area contributed by atoms with Crippen LogP contribution in [0.5, 0.6) is 0 Å². The summed E-state index contributed by atoms with van der Waals surface area (Å²) >= 11 is 0. The summed E-state index contributed by atoms with van der Waals surface area (Å²) in [5.41, 5.74) is 0.102. The van der Waals surface area contributed by atoms with Gasteiger partial charge in [-0.25, -0.2) is 0 Å². The molecule has 4 nitrogen and oxygen atoms in total. The van der Waals surface area contributed by atoms with Crippen molar-refractivity contribution in [3.05, 3.63) is 0 Å². The van der Waals surface area contributed by atoms with E-state index in [0.29, 0.717) is 6.54 Å². The number of carbonyl (C=O) groups excluding carboxylic acids is 1. The van der Waals surface area contributed by atoms with Crippen LogP contribution in [-0.4, -0.2) is 48.2 Å².